The molecule has 0 saturated carbocycles. The molecule has 7 nitrogen and oxygen atoms in total. The monoisotopic (exact) mass is 412 g/mol. The van der Waals surface area contributed by atoms with Crippen molar-refractivity contribution in [3.63, 3.8) is 0 Å². The van der Waals surface area contributed by atoms with Gasteiger partial charge in [0.1, 0.15) is 11.5 Å². The van der Waals surface area contributed by atoms with Gasteiger partial charge in [0.2, 0.25) is 0 Å². The van der Waals surface area contributed by atoms with Crippen LogP contribution in [0.1, 0.15) is 5.56 Å². The molecule has 31 heavy (non-hydrogen) atoms. The minimum absolute atomic E-state index is 0.178. The highest BCUT2D eigenvalue weighted by molar-refractivity contribution is 5.83. The molecule has 7 heteroatoms. The van der Waals surface area contributed by atoms with Crippen LogP contribution in [0.15, 0.2) is 84.1 Å². The number of ether oxygens (including phenoxy) is 2. The van der Waals surface area contributed by atoms with Gasteiger partial charge in [-0.1, -0.05) is 12.1 Å². The lowest BCUT2D eigenvalue weighted by molar-refractivity contribution is -0.123. The summed E-state index contributed by atoms with van der Waals surface area (Å²) in [4.78, 5) is 21.0. The van der Waals surface area contributed by atoms with Gasteiger partial charge >= 0.3 is 0 Å². The topological polar surface area (TPSA) is 85.7 Å². The molecule has 0 radical (unpaired) electrons. The van der Waals surface area contributed by atoms with E-state index in [9.17, 15) is 4.79 Å². The van der Waals surface area contributed by atoms with Crippen molar-refractivity contribution in [1.29, 1.82) is 0 Å². The minimum Gasteiger partial charge on any atom is -0.497 e. The zero-order chi connectivity index (χ0) is 21.5. The molecule has 2 heterocycles. The second-order valence-electron chi connectivity index (χ2n) is 6.60. The van der Waals surface area contributed by atoms with Gasteiger partial charge in [-0.3, -0.25) is 4.79 Å². The smallest absolute Gasteiger partial charge is 0.277 e. The first-order valence-corrected chi connectivity index (χ1v) is 9.63. The maximum atomic E-state index is 12.1. The number of nitrogens with one attached hydrogen (secondary N) is 1. The molecule has 2 aromatic carbocycles. The number of rotatable bonds is 7. The van der Waals surface area contributed by atoms with Crippen molar-refractivity contribution in [1.82, 2.24) is 15.4 Å². The predicted octanol–water partition coefficient (Wildman–Crippen LogP) is 3.83. The van der Waals surface area contributed by atoms with Crippen LogP contribution in [-0.2, 0) is 4.79 Å². The Kier molecular flexibility index (Phi) is 6.13. The maximum Gasteiger partial charge on any atom is 0.277 e. The summed E-state index contributed by atoms with van der Waals surface area (Å²) < 4.78 is 10.8. The van der Waals surface area contributed by atoms with E-state index in [1.54, 1.807) is 25.6 Å². The second-order valence-corrected chi connectivity index (χ2v) is 6.60. The molecule has 4 aromatic rings. The van der Waals surface area contributed by atoms with Crippen LogP contribution in [0.2, 0.25) is 0 Å². The van der Waals surface area contributed by atoms with Gasteiger partial charge in [-0.2, -0.15) is 5.10 Å². The Morgan fingerprint density at radius 1 is 1.03 bits per heavy atom. The summed E-state index contributed by atoms with van der Waals surface area (Å²) in [5, 5.41) is 4.92. The predicted molar refractivity (Wildman–Crippen MR) is 119 cm³/mol. The van der Waals surface area contributed by atoms with Crippen LogP contribution >= 0.6 is 0 Å². The highest BCUT2D eigenvalue weighted by Crippen LogP contribution is 2.29. The van der Waals surface area contributed by atoms with Crippen molar-refractivity contribution < 1.29 is 14.3 Å². The Labute approximate surface area is 179 Å². The average molecular weight is 412 g/mol. The van der Waals surface area contributed by atoms with Crippen molar-refractivity contribution >= 4 is 23.2 Å². The first-order chi connectivity index (χ1) is 15.2. The third-order valence-electron chi connectivity index (χ3n) is 4.50. The third kappa shape index (κ3) is 5.02. The Morgan fingerprint density at radius 2 is 1.87 bits per heavy atom. The van der Waals surface area contributed by atoms with E-state index in [4.69, 9.17) is 9.47 Å². The number of carbonyl (C=O) groups is 1. The number of aromatic nitrogens is 2. The molecule has 0 unspecified atom stereocenters. The highest BCUT2D eigenvalue weighted by Gasteiger charge is 2.10. The Balaban J connectivity index is 1.40. The fraction of sp³-hybridized carbons (Fsp3) is 0.0833. The van der Waals surface area contributed by atoms with Crippen LogP contribution in [0.5, 0.6) is 11.5 Å². The number of methoxy groups -OCH3 is 1. The normalized spacial score (nSPS) is 10.9. The van der Waals surface area contributed by atoms with E-state index >= 15 is 0 Å². The molecular weight excluding hydrogens is 392 g/mol. The average Bonchev–Trinajstić information content (AvgIpc) is 2.83. The quantitative estimate of drug-likeness (QED) is 0.368. The van der Waals surface area contributed by atoms with Crippen LogP contribution in [0.4, 0.5) is 0 Å². The molecule has 0 fully saturated rings. The number of fused-ring (bicyclic) bond motifs is 1. The number of hydrogen-bond acceptors (Lipinski definition) is 6. The number of nitrogens with zero attached hydrogens (tertiary/aromatic N) is 3. The molecule has 154 valence electrons. The van der Waals surface area contributed by atoms with Crippen molar-refractivity contribution in [2.24, 2.45) is 5.10 Å². The molecule has 0 aliphatic heterocycles. The molecule has 0 aliphatic rings. The van der Waals surface area contributed by atoms with Gasteiger partial charge in [0.25, 0.3) is 5.91 Å². The maximum absolute atomic E-state index is 12.1. The fourth-order valence-corrected chi connectivity index (χ4v) is 2.95. The zero-order valence-electron chi connectivity index (χ0n) is 16.9. The molecule has 0 atom stereocenters. The number of hydrazone groups is 1. The number of hydrogen-bond donors (Lipinski definition) is 1. The van der Waals surface area contributed by atoms with Crippen LogP contribution < -0.4 is 14.9 Å². The summed E-state index contributed by atoms with van der Waals surface area (Å²) in [6.45, 7) is -0.178. The van der Waals surface area contributed by atoms with E-state index in [2.05, 4.69) is 20.5 Å². The molecule has 0 bridgehead atoms. The van der Waals surface area contributed by atoms with Gasteiger partial charge in [-0.15, -0.1) is 0 Å². The van der Waals surface area contributed by atoms with E-state index < -0.39 is 0 Å². The van der Waals surface area contributed by atoms with Gasteiger partial charge in [0, 0.05) is 17.1 Å². The Bertz CT molecular complexity index is 1220. The molecule has 0 spiro atoms. The van der Waals surface area contributed by atoms with Crippen LogP contribution in [0, 0.1) is 0 Å². The van der Waals surface area contributed by atoms with Gasteiger partial charge in [-0.05, 0) is 66.2 Å². The number of pyridine rings is 2. The standard InChI is InChI=1S/C24H20N4O3/c1-30-19-11-8-17(9-12-19)15-26-28-23(29)16-31-22-7-3-2-6-20(22)21-13-10-18-5-4-14-25-24(18)27-21/h2-15H,16H2,1H3,(H,28,29)/b26-15+. The van der Waals surface area contributed by atoms with Crippen LogP contribution in [0.3, 0.4) is 0 Å². The lowest BCUT2D eigenvalue weighted by Crippen LogP contribution is -2.24. The van der Waals surface area contributed by atoms with Gasteiger partial charge in [0.15, 0.2) is 12.3 Å². The summed E-state index contributed by atoms with van der Waals surface area (Å²) in [6, 6.07) is 22.4. The lowest BCUT2D eigenvalue weighted by atomic mass is 10.1. The first-order valence-electron chi connectivity index (χ1n) is 9.63. The molecule has 0 aliphatic carbocycles. The molecule has 1 amide bonds. The van der Waals surface area contributed by atoms with E-state index in [1.807, 2.05) is 66.7 Å². The Morgan fingerprint density at radius 3 is 2.71 bits per heavy atom. The minimum atomic E-state index is -0.368. The summed E-state index contributed by atoms with van der Waals surface area (Å²) in [6.07, 6.45) is 3.26. The molecule has 0 saturated heterocycles. The van der Waals surface area contributed by atoms with Crippen molar-refractivity contribution in [2.75, 3.05) is 13.7 Å². The summed E-state index contributed by atoms with van der Waals surface area (Å²) >= 11 is 0. The Hall–Kier alpha value is -4.26. The van der Waals surface area contributed by atoms with E-state index in [0.717, 1.165) is 28.0 Å². The lowest BCUT2D eigenvalue weighted by Gasteiger charge is -2.10. The molecule has 4 rings (SSSR count). The SMILES string of the molecule is COc1ccc(/C=N/NC(=O)COc2ccccc2-c2ccc3cccnc3n2)cc1. The van der Waals surface area contributed by atoms with Gasteiger partial charge in [0.05, 0.1) is 19.0 Å². The highest BCUT2D eigenvalue weighted by atomic mass is 16.5. The number of benzene rings is 2. The van der Waals surface area contributed by atoms with Crippen LogP contribution in [0.25, 0.3) is 22.3 Å². The summed E-state index contributed by atoms with van der Waals surface area (Å²) in [5.41, 5.74) is 5.46. The number of para-hydroxylation sites is 1. The van der Waals surface area contributed by atoms with Crippen molar-refractivity contribution in [3.05, 3.63) is 84.6 Å². The largest absolute Gasteiger partial charge is 0.497 e. The summed E-state index contributed by atoms with van der Waals surface area (Å²) in [5.74, 6) is 0.942. The molecule has 1 N–H and O–H groups in total. The van der Waals surface area contributed by atoms with E-state index in [-0.39, 0.29) is 12.5 Å². The fourth-order valence-electron chi connectivity index (χ4n) is 2.95. The van der Waals surface area contributed by atoms with E-state index in [0.29, 0.717) is 11.4 Å². The van der Waals surface area contributed by atoms with Gasteiger partial charge < -0.3 is 9.47 Å². The number of carbonyl (C=O) groups excluding carboxylic acids is 1. The van der Waals surface area contributed by atoms with Crippen LogP contribution in [-0.4, -0.2) is 35.8 Å². The van der Waals surface area contributed by atoms with Gasteiger partial charge in [-0.25, -0.2) is 15.4 Å². The first kappa shape index (κ1) is 20.0. The van der Waals surface area contributed by atoms with E-state index in [1.165, 1.54) is 0 Å². The second kappa shape index (κ2) is 9.49. The zero-order valence-corrected chi connectivity index (χ0v) is 16.9. The number of amides is 1. The molecule has 2 aromatic heterocycles. The third-order valence-corrected chi connectivity index (χ3v) is 4.50. The molecular formula is C24H20N4O3. The van der Waals surface area contributed by atoms with Crippen molar-refractivity contribution in [3.8, 4) is 22.8 Å². The summed E-state index contributed by atoms with van der Waals surface area (Å²) in [7, 11) is 1.61. The van der Waals surface area contributed by atoms with Crippen molar-refractivity contribution in [2.45, 2.75) is 0 Å².